The topological polar surface area (TPSA) is 116 Å². The molecule has 0 aliphatic carbocycles. The van der Waals surface area contributed by atoms with Gasteiger partial charge in [-0.2, -0.15) is 0 Å². The van der Waals surface area contributed by atoms with Gasteiger partial charge in [0.15, 0.2) is 17.0 Å². The largest absolute Gasteiger partial charge is 0.358 e. The molecule has 10 nitrogen and oxygen atoms in total. The van der Waals surface area contributed by atoms with Gasteiger partial charge in [-0.25, -0.2) is 23.7 Å². The quantitative estimate of drug-likeness (QED) is 0.311. The van der Waals surface area contributed by atoms with Gasteiger partial charge >= 0.3 is 0 Å². The molecule has 1 fully saturated rings. The van der Waals surface area contributed by atoms with Gasteiger partial charge in [-0.3, -0.25) is 18.7 Å². The van der Waals surface area contributed by atoms with Crippen LogP contribution in [0, 0.1) is 11.6 Å². The van der Waals surface area contributed by atoms with Crippen LogP contribution in [0.2, 0.25) is 0 Å². The van der Waals surface area contributed by atoms with E-state index in [0.29, 0.717) is 23.6 Å². The molecule has 1 atom stereocenters. The Balaban J connectivity index is 1.21. The highest BCUT2D eigenvalue weighted by atomic mass is 19.1. The Morgan fingerprint density at radius 1 is 1.02 bits per heavy atom. The van der Waals surface area contributed by atoms with E-state index in [-0.39, 0.29) is 28.9 Å². The van der Waals surface area contributed by atoms with Gasteiger partial charge in [0.1, 0.15) is 29.8 Å². The van der Waals surface area contributed by atoms with Crippen molar-refractivity contribution in [3.8, 4) is 5.69 Å². The number of hydrogen-bond acceptors (Lipinski definition) is 7. The SMILES string of the molecule is O=C(Nc1ccc(Nc2ncnc3c2ncn3C2CCCCO2)c(F)c1)c1cccn(-c2cccc(F)c2)c1=O. The molecule has 1 unspecified atom stereocenters. The first-order valence-corrected chi connectivity index (χ1v) is 12.6. The van der Waals surface area contributed by atoms with Crippen LogP contribution >= 0.6 is 0 Å². The number of nitrogens with one attached hydrogen (secondary N) is 2. The second kappa shape index (κ2) is 10.7. The molecule has 2 N–H and O–H groups in total. The molecular weight excluding hydrogens is 520 g/mol. The number of fused-ring (bicyclic) bond motifs is 1. The molecule has 0 bridgehead atoms. The fourth-order valence-electron chi connectivity index (χ4n) is 4.61. The number of halogens is 2. The van der Waals surface area contributed by atoms with Crippen molar-refractivity contribution in [3.05, 3.63) is 101 Å². The fraction of sp³-hybridized carbons (Fsp3) is 0.179. The minimum absolute atomic E-state index is 0.106. The van der Waals surface area contributed by atoms with Crippen molar-refractivity contribution >= 4 is 34.3 Å². The zero-order valence-corrected chi connectivity index (χ0v) is 21.1. The lowest BCUT2D eigenvalue weighted by Gasteiger charge is -2.23. The number of imidazole rings is 1. The molecule has 4 heterocycles. The van der Waals surface area contributed by atoms with Crippen LogP contribution in [0.3, 0.4) is 0 Å². The van der Waals surface area contributed by atoms with Gasteiger partial charge in [-0.15, -0.1) is 0 Å². The van der Waals surface area contributed by atoms with E-state index in [0.717, 1.165) is 29.9 Å². The summed E-state index contributed by atoms with van der Waals surface area (Å²) >= 11 is 0. The lowest BCUT2D eigenvalue weighted by molar-refractivity contribution is -0.0298. The molecule has 12 heteroatoms. The maximum absolute atomic E-state index is 15.1. The number of amides is 1. The van der Waals surface area contributed by atoms with Gasteiger partial charge in [0.25, 0.3) is 11.5 Å². The van der Waals surface area contributed by atoms with E-state index in [1.807, 2.05) is 4.57 Å². The van der Waals surface area contributed by atoms with E-state index < -0.39 is 23.1 Å². The smallest absolute Gasteiger partial charge is 0.267 e. The normalized spacial score (nSPS) is 15.2. The number of pyridine rings is 1. The number of aromatic nitrogens is 5. The van der Waals surface area contributed by atoms with Crippen LogP contribution in [0.25, 0.3) is 16.9 Å². The number of ether oxygens (including phenoxy) is 1. The number of anilines is 3. The number of benzene rings is 2. The van der Waals surface area contributed by atoms with Crippen LogP contribution in [0.1, 0.15) is 35.8 Å². The van der Waals surface area contributed by atoms with Crippen molar-refractivity contribution in [2.45, 2.75) is 25.5 Å². The van der Waals surface area contributed by atoms with Crippen LogP contribution in [0.15, 0.2) is 78.2 Å². The van der Waals surface area contributed by atoms with Gasteiger partial charge in [0.05, 0.1) is 17.7 Å². The highest BCUT2D eigenvalue weighted by molar-refractivity contribution is 6.04. The molecule has 2 aromatic carbocycles. The highest BCUT2D eigenvalue weighted by Gasteiger charge is 2.21. The monoisotopic (exact) mass is 543 g/mol. The predicted octanol–water partition coefficient (Wildman–Crippen LogP) is 4.95. The third kappa shape index (κ3) is 4.92. The van der Waals surface area contributed by atoms with Crippen molar-refractivity contribution < 1.29 is 18.3 Å². The van der Waals surface area contributed by atoms with Gasteiger partial charge in [-0.05, 0) is 67.8 Å². The number of carbonyl (C=O) groups excluding carboxylic acids is 1. The van der Waals surface area contributed by atoms with Gasteiger partial charge in [0.2, 0.25) is 0 Å². The number of hydrogen-bond donors (Lipinski definition) is 2. The van der Waals surface area contributed by atoms with Crippen molar-refractivity contribution in [2.24, 2.45) is 0 Å². The zero-order valence-electron chi connectivity index (χ0n) is 21.1. The Morgan fingerprint density at radius 2 is 1.93 bits per heavy atom. The Morgan fingerprint density at radius 3 is 2.73 bits per heavy atom. The molecule has 3 aromatic heterocycles. The molecule has 5 aromatic rings. The molecule has 0 spiro atoms. The Hall–Kier alpha value is -4.97. The summed E-state index contributed by atoms with van der Waals surface area (Å²) in [5.41, 5.74) is 0.726. The Labute approximate surface area is 226 Å². The lowest BCUT2D eigenvalue weighted by atomic mass is 10.2. The van der Waals surface area contributed by atoms with Crippen molar-refractivity contribution in [2.75, 3.05) is 17.2 Å². The van der Waals surface area contributed by atoms with Crippen LogP contribution in [-0.4, -0.2) is 36.6 Å². The predicted molar refractivity (Wildman–Crippen MR) is 144 cm³/mol. The third-order valence-corrected chi connectivity index (χ3v) is 6.58. The van der Waals surface area contributed by atoms with Crippen molar-refractivity contribution in [3.63, 3.8) is 0 Å². The summed E-state index contributed by atoms with van der Waals surface area (Å²) in [7, 11) is 0. The minimum Gasteiger partial charge on any atom is -0.358 e. The van der Waals surface area contributed by atoms with E-state index in [4.69, 9.17) is 4.74 Å². The molecule has 6 rings (SSSR count). The van der Waals surface area contributed by atoms with E-state index >= 15 is 4.39 Å². The Kier molecular flexibility index (Phi) is 6.74. The summed E-state index contributed by atoms with van der Waals surface area (Å²) < 4.78 is 37.6. The van der Waals surface area contributed by atoms with Crippen LogP contribution in [0.4, 0.5) is 26.0 Å². The summed E-state index contributed by atoms with van der Waals surface area (Å²) in [5, 5.41) is 5.48. The maximum Gasteiger partial charge on any atom is 0.267 e. The first-order chi connectivity index (χ1) is 19.5. The van der Waals surface area contributed by atoms with Crippen molar-refractivity contribution in [1.82, 2.24) is 24.1 Å². The Bertz CT molecular complexity index is 1780. The summed E-state index contributed by atoms with van der Waals surface area (Å²) in [6.45, 7) is 0.669. The van der Waals surface area contributed by atoms with Crippen LogP contribution in [0.5, 0.6) is 0 Å². The molecule has 1 saturated heterocycles. The van der Waals surface area contributed by atoms with Crippen molar-refractivity contribution in [1.29, 1.82) is 0 Å². The van der Waals surface area contributed by atoms with E-state index in [1.165, 1.54) is 55.0 Å². The fourth-order valence-corrected chi connectivity index (χ4v) is 4.61. The molecule has 0 saturated carbocycles. The molecule has 1 amide bonds. The zero-order chi connectivity index (χ0) is 27.6. The van der Waals surface area contributed by atoms with Gasteiger partial charge in [-0.1, -0.05) is 6.07 Å². The lowest BCUT2D eigenvalue weighted by Crippen LogP contribution is -2.27. The second-order valence-corrected chi connectivity index (χ2v) is 9.22. The summed E-state index contributed by atoms with van der Waals surface area (Å²) in [5.74, 6) is -1.59. The standard InChI is InChI=1S/C28H23F2N7O3/c29-17-5-3-6-19(13-17)36-11-4-7-20(28(36)39)27(38)34-18-9-10-22(21(30)14-18)35-25-24-26(32-15-31-25)37(16-33-24)23-8-1-2-12-40-23/h3-7,9-11,13-16,23H,1-2,8,12H2,(H,34,38)(H,31,32,35). The van der Waals surface area contributed by atoms with E-state index in [9.17, 15) is 14.0 Å². The maximum atomic E-state index is 15.1. The summed E-state index contributed by atoms with van der Waals surface area (Å²) in [6.07, 6.45) is 7.19. The minimum atomic E-state index is -0.733. The van der Waals surface area contributed by atoms with Gasteiger partial charge in [0, 0.05) is 18.5 Å². The average Bonchev–Trinajstić information content (AvgIpc) is 3.40. The number of rotatable bonds is 6. The molecule has 0 radical (unpaired) electrons. The number of carbonyl (C=O) groups is 1. The summed E-state index contributed by atoms with van der Waals surface area (Å²) in [6, 6.07) is 12.4. The molecule has 1 aliphatic rings. The van der Waals surface area contributed by atoms with Crippen LogP contribution < -0.4 is 16.2 Å². The number of nitrogens with zero attached hydrogens (tertiary/aromatic N) is 5. The highest BCUT2D eigenvalue weighted by Crippen LogP contribution is 2.29. The van der Waals surface area contributed by atoms with E-state index in [1.54, 1.807) is 12.4 Å². The first kappa shape index (κ1) is 25.3. The molecule has 1 aliphatic heterocycles. The first-order valence-electron chi connectivity index (χ1n) is 12.6. The molecular formula is C28H23F2N7O3. The molecule has 40 heavy (non-hydrogen) atoms. The van der Waals surface area contributed by atoms with Gasteiger partial charge < -0.3 is 15.4 Å². The average molecular weight is 544 g/mol. The van der Waals surface area contributed by atoms with Crippen LogP contribution in [-0.2, 0) is 4.74 Å². The molecule has 202 valence electrons. The summed E-state index contributed by atoms with van der Waals surface area (Å²) in [4.78, 5) is 38.8. The third-order valence-electron chi connectivity index (χ3n) is 6.58. The second-order valence-electron chi connectivity index (χ2n) is 9.22. The van der Waals surface area contributed by atoms with E-state index in [2.05, 4.69) is 25.6 Å².